The molecule has 0 saturated heterocycles. The summed E-state index contributed by atoms with van der Waals surface area (Å²) in [6, 6.07) is 13.0. The van der Waals surface area contributed by atoms with Gasteiger partial charge < -0.3 is 5.32 Å². The Kier molecular flexibility index (Phi) is 4.34. The normalized spacial score (nSPS) is 11.5. The lowest BCUT2D eigenvalue weighted by Crippen LogP contribution is -2.27. The van der Waals surface area contributed by atoms with Crippen LogP contribution in [-0.4, -0.2) is 5.91 Å². The van der Waals surface area contributed by atoms with E-state index in [4.69, 9.17) is 5.26 Å². The second-order valence-corrected chi connectivity index (χ2v) is 4.89. The lowest BCUT2D eigenvalue weighted by Gasteiger charge is -2.15. The number of carbonyl (C=O) groups excluding carboxylic acids is 1. The summed E-state index contributed by atoms with van der Waals surface area (Å²) in [5.41, 5.74) is 2.53. The second kappa shape index (κ2) is 6.19. The van der Waals surface area contributed by atoms with Crippen LogP contribution >= 0.6 is 0 Å². The van der Waals surface area contributed by atoms with Crippen molar-refractivity contribution in [2.75, 3.05) is 0 Å². The first-order chi connectivity index (χ1) is 10.0. The molecule has 1 amide bonds. The number of rotatable bonds is 3. The number of halogens is 1. The number of nitrogens with zero attached hydrogens (tertiary/aromatic N) is 1. The number of hydrogen-bond acceptors (Lipinski definition) is 2. The monoisotopic (exact) mass is 282 g/mol. The third-order valence-corrected chi connectivity index (χ3v) is 3.32. The summed E-state index contributed by atoms with van der Waals surface area (Å²) in [6.07, 6.45) is 0. The Bertz CT molecular complexity index is 702. The Morgan fingerprint density at radius 1 is 1.24 bits per heavy atom. The van der Waals surface area contributed by atoms with Gasteiger partial charge in [-0.05, 0) is 55.3 Å². The molecular formula is C17H15FN2O. The van der Waals surface area contributed by atoms with Crippen LogP contribution in [0.3, 0.4) is 0 Å². The smallest absolute Gasteiger partial charge is 0.252 e. The first-order valence-corrected chi connectivity index (χ1v) is 6.58. The maximum absolute atomic E-state index is 13.1. The second-order valence-electron chi connectivity index (χ2n) is 4.89. The molecule has 1 N–H and O–H groups in total. The zero-order valence-electron chi connectivity index (χ0n) is 11.9. The Hall–Kier alpha value is -2.67. The number of carbonyl (C=O) groups is 1. The van der Waals surface area contributed by atoms with Gasteiger partial charge >= 0.3 is 0 Å². The van der Waals surface area contributed by atoms with Gasteiger partial charge in [-0.2, -0.15) is 5.26 Å². The molecule has 4 heteroatoms. The summed E-state index contributed by atoms with van der Waals surface area (Å²) in [7, 11) is 0. The van der Waals surface area contributed by atoms with Crippen molar-refractivity contribution in [1.29, 1.82) is 5.26 Å². The van der Waals surface area contributed by atoms with Crippen molar-refractivity contribution in [3.8, 4) is 6.07 Å². The Morgan fingerprint density at radius 3 is 2.48 bits per heavy atom. The third-order valence-electron chi connectivity index (χ3n) is 3.32. The molecule has 2 rings (SSSR count). The molecule has 2 aromatic carbocycles. The van der Waals surface area contributed by atoms with Crippen LogP contribution in [0.15, 0.2) is 42.5 Å². The molecule has 0 heterocycles. The molecule has 0 aliphatic rings. The largest absolute Gasteiger partial charge is 0.346 e. The van der Waals surface area contributed by atoms with Gasteiger partial charge in [0.2, 0.25) is 0 Å². The predicted molar refractivity (Wildman–Crippen MR) is 78.2 cm³/mol. The summed E-state index contributed by atoms with van der Waals surface area (Å²) in [5.74, 6) is -0.603. The number of amides is 1. The van der Waals surface area contributed by atoms with Gasteiger partial charge in [0.15, 0.2) is 0 Å². The fourth-order valence-electron chi connectivity index (χ4n) is 2.09. The van der Waals surface area contributed by atoms with Crippen LogP contribution in [0.2, 0.25) is 0 Å². The van der Waals surface area contributed by atoms with Gasteiger partial charge in [-0.1, -0.05) is 12.1 Å². The molecule has 2 aromatic rings. The van der Waals surface area contributed by atoms with E-state index in [2.05, 4.69) is 5.32 Å². The average molecular weight is 282 g/mol. The molecule has 0 spiro atoms. The van der Waals surface area contributed by atoms with Gasteiger partial charge in [0.25, 0.3) is 5.91 Å². The molecular weight excluding hydrogens is 267 g/mol. The van der Waals surface area contributed by atoms with Crippen molar-refractivity contribution in [3.63, 3.8) is 0 Å². The molecule has 0 radical (unpaired) electrons. The van der Waals surface area contributed by atoms with Crippen molar-refractivity contribution in [2.24, 2.45) is 0 Å². The van der Waals surface area contributed by atoms with Crippen LogP contribution in [0.1, 0.15) is 40.0 Å². The van der Waals surface area contributed by atoms with Crippen LogP contribution in [0.5, 0.6) is 0 Å². The summed E-state index contributed by atoms with van der Waals surface area (Å²) in [6.45, 7) is 3.56. The number of aryl methyl sites for hydroxylation is 1. The molecule has 0 saturated carbocycles. The van der Waals surface area contributed by atoms with Gasteiger partial charge in [0, 0.05) is 5.56 Å². The van der Waals surface area contributed by atoms with E-state index in [1.807, 2.05) is 13.0 Å². The summed E-state index contributed by atoms with van der Waals surface area (Å²) < 4.78 is 13.1. The van der Waals surface area contributed by atoms with E-state index in [-0.39, 0.29) is 17.8 Å². The van der Waals surface area contributed by atoms with Gasteiger partial charge in [-0.25, -0.2) is 4.39 Å². The minimum absolute atomic E-state index is 0.199. The van der Waals surface area contributed by atoms with E-state index >= 15 is 0 Å². The number of nitriles is 1. The van der Waals surface area contributed by atoms with E-state index in [1.54, 1.807) is 31.2 Å². The highest BCUT2D eigenvalue weighted by Crippen LogP contribution is 2.16. The first kappa shape index (κ1) is 14.7. The lowest BCUT2D eigenvalue weighted by molar-refractivity contribution is 0.0939. The quantitative estimate of drug-likeness (QED) is 0.936. The lowest BCUT2D eigenvalue weighted by atomic mass is 10.0. The average Bonchev–Trinajstić information content (AvgIpc) is 2.47. The van der Waals surface area contributed by atoms with Crippen LogP contribution in [0.4, 0.5) is 4.39 Å². The summed E-state index contributed by atoms with van der Waals surface area (Å²) in [4.78, 5) is 12.2. The van der Waals surface area contributed by atoms with Crippen molar-refractivity contribution >= 4 is 5.91 Å². The van der Waals surface area contributed by atoms with Crippen molar-refractivity contribution < 1.29 is 9.18 Å². The fraction of sp³-hybridized carbons (Fsp3) is 0.176. The number of hydrogen-bond donors (Lipinski definition) is 1. The summed E-state index contributed by atoms with van der Waals surface area (Å²) >= 11 is 0. The number of nitrogens with one attached hydrogen (secondary N) is 1. The highest BCUT2D eigenvalue weighted by molar-refractivity contribution is 5.95. The summed E-state index contributed by atoms with van der Waals surface area (Å²) in [5, 5.41) is 11.6. The zero-order chi connectivity index (χ0) is 15.4. The zero-order valence-corrected chi connectivity index (χ0v) is 11.9. The van der Waals surface area contributed by atoms with E-state index in [1.165, 1.54) is 18.2 Å². The first-order valence-electron chi connectivity index (χ1n) is 6.58. The van der Waals surface area contributed by atoms with E-state index in [0.717, 1.165) is 5.56 Å². The standard InChI is InChI=1S/C17H15FN2O/c1-11-9-15(18)7-8-16(11)17(21)20-12(2)14-5-3-13(10-19)4-6-14/h3-9,12H,1-2H3,(H,20,21). The molecule has 0 bridgehead atoms. The Balaban J connectivity index is 2.13. The van der Waals surface area contributed by atoms with Crippen LogP contribution in [-0.2, 0) is 0 Å². The fourth-order valence-corrected chi connectivity index (χ4v) is 2.09. The van der Waals surface area contributed by atoms with E-state index < -0.39 is 0 Å². The predicted octanol–water partition coefficient (Wildman–Crippen LogP) is 3.50. The highest BCUT2D eigenvalue weighted by atomic mass is 19.1. The molecule has 0 aliphatic carbocycles. The molecule has 0 aliphatic heterocycles. The minimum atomic E-state index is -0.357. The molecule has 0 fully saturated rings. The molecule has 1 atom stereocenters. The third kappa shape index (κ3) is 3.46. The van der Waals surface area contributed by atoms with Crippen molar-refractivity contribution in [1.82, 2.24) is 5.32 Å². The van der Waals surface area contributed by atoms with Gasteiger partial charge in [-0.3, -0.25) is 4.79 Å². The van der Waals surface area contributed by atoms with Gasteiger partial charge in [-0.15, -0.1) is 0 Å². The number of benzene rings is 2. The van der Waals surface area contributed by atoms with Gasteiger partial charge in [0.05, 0.1) is 17.7 Å². The minimum Gasteiger partial charge on any atom is -0.346 e. The Morgan fingerprint density at radius 2 is 1.90 bits per heavy atom. The van der Waals surface area contributed by atoms with E-state index in [9.17, 15) is 9.18 Å². The highest BCUT2D eigenvalue weighted by Gasteiger charge is 2.13. The van der Waals surface area contributed by atoms with Crippen LogP contribution in [0.25, 0.3) is 0 Å². The maximum Gasteiger partial charge on any atom is 0.252 e. The molecule has 106 valence electrons. The molecule has 21 heavy (non-hydrogen) atoms. The van der Waals surface area contributed by atoms with E-state index in [0.29, 0.717) is 16.7 Å². The SMILES string of the molecule is Cc1cc(F)ccc1C(=O)NC(C)c1ccc(C#N)cc1. The van der Waals surface area contributed by atoms with Gasteiger partial charge in [0.1, 0.15) is 5.82 Å². The Labute approximate surface area is 123 Å². The topological polar surface area (TPSA) is 52.9 Å². The molecule has 3 nitrogen and oxygen atoms in total. The van der Waals surface area contributed by atoms with Crippen LogP contribution in [0, 0.1) is 24.1 Å². The maximum atomic E-state index is 13.1. The molecule has 0 aromatic heterocycles. The van der Waals surface area contributed by atoms with Crippen molar-refractivity contribution in [2.45, 2.75) is 19.9 Å². The van der Waals surface area contributed by atoms with Crippen LogP contribution < -0.4 is 5.32 Å². The molecule has 1 unspecified atom stereocenters. The van der Waals surface area contributed by atoms with Crippen molar-refractivity contribution in [3.05, 3.63) is 70.5 Å².